The third-order valence-corrected chi connectivity index (χ3v) is 3.31. The van der Waals surface area contributed by atoms with Crippen LogP contribution in [0.15, 0.2) is 17.5 Å². The highest BCUT2D eigenvalue weighted by atomic mass is 35.5. The Balaban J connectivity index is 0.00000112. The Bertz CT molecular complexity index is 268. The van der Waals surface area contributed by atoms with E-state index >= 15 is 0 Å². The lowest BCUT2D eigenvalue weighted by Crippen LogP contribution is -2.44. The number of halogens is 1. The zero-order valence-corrected chi connectivity index (χ0v) is 10.2. The van der Waals surface area contributed by atoms with E-state index in [9.17, 15) is 0 Å². The van der Waals surface area contributed by atoms with E-state index in [1.807, 2.05) is 11.3 Å². The van der Waals surface area contributed by atoms with Crippen LogP contribution in [0.5, 0.6) is 0 Å². The van der Waals surface area contributed by atoms with Crippen LogP contribution in [0.2, 0.25) is 0 Å². The molecule has 2 N–H and O–H groups in total. The third kappa shape index (κ3) is 3.74. The highest BCUT2D eigenvalue weighted by molar-refractivity contribution is 7.09. The molecule has 0 aliphatic carbocycles. The molecule has 5 heteroatoms. The molecule has 0 spiro atoms. The first-order valence-corrected chi connectivity index (χ1v) is 5.83. The smallest absolute Gasteiger partial charge is 0.0824 e. The molecular weight excluding hydrogens is 232 g/mol. The van der Waals surface area contributed by atoms with Gasteiger partial charge in [-0.2, -0.15) is 0 Å². The molecular formula is C10H17ClN2OS. The van der Waals surface area contributed by atoms with Gasteiger partial charge < -0.3 is 10.5 Å². The highest BCUT2D eigenvalue weighted by Gasteiger charge is 2.19. The van der Waals surface area contributed by atoms with Gasteiger partial charge in [-0.3, -0.25) is 4.90 Å². The van der Waals surface area contributed by atoms with Crippen LogP contribution in [0.3, 0.4) is 0 Å². The fourth-order valence-corrected chi connectivity index (χ4v) is 2.44. The van der Waals surface area contributed by atoms with E-state index in [-0.39, 0.29) is 18.5 Å². The van der Waals surface area contributed by atoms with Gasteiger partial charge in [0.25, 0.3) is 0 Å². The van der Waals surface area contributed by atoms with Crippen LogP contribution >= 0.6 is 23.7 Å². The molecule has 0 aromatic carbocycles. The van der Waals surface area contributed by atoms with Gasteiger partial charge in [0, 0.05) is 31.1 Å². The molecule has 1 saturated heterocycles. The minimum Gasteiger partial charge on any atom is -0.374 e. The SMILES string of the molecule is Cl.NCC1CN(Cc2cccs2)CCO1. The van der Waals surface area contributed by atoms with Crippen molar-refractivity contribution in [1.29, 1.82) is 0 Å². The first-order chi connectivity index (χ1) is 6.88. The second-order valence-electron chi connectivity index (χ2n) is 3.54. The van der Waals surface area contributed by atoms with Crippen molar-refractivity contribution < 1.29 is 4.74 Å². The predicted molar refractivity (Wildman–Crippen MR) is 65.6 cm³/mol. The van der Waals surface area contributed by atoms with E-state index in [0.29, 0.717) is 6.54 Å². The van der Waals surface area contributed by atoms with Crippen LogP contribution in [-0.4, -0.2) is 37.2 Å². The van der Waals surface area contributed by atoms with Crippen molar-refractivity contribution >= 4 is 23.7 Å². The Morgan fingerprint density at radius 3 is 3.13 bits per heavy atom. The summed E-state index contributed by atoms with van der Waals surface area (Å²) in [5.41, 5.74) is 5.59. The number of nitrogens with two attached hydrogens (primary N) is 1. The van der Waals surface area contributed by atoms with Crippen molar-refractivity contribution in [2.24, 2.45) is 5.73 Å². The van der Waals surface area contributed by atoms with Crippen LogP contribution in [0, 0.1) is 0 Å². The van der Waals surface area contributed by atoms with Gasteiger partial charge in [-0.05, 0) is 11.4 Å². The topological polar surface area (TPSA) is 38.5 Å². The summed E-state index contributed by atoms with van der Waals surface area (Å²) >= 11 is 1.81. The largest absolute Gasteiger partial charge is 0.374 e. The maximum Gasteiger partial charge on any atom is 0.0824 e. The summed E-state index contributed by atoms with van der Waals surface area (Å²) in [6, 6.07) is 4.28. The Morgan fingerprint density at radius 2 is 2.47 bits per heavy atom. The highest BCUT2D eigenvalue weighted by Crippen LogP contribution is 2.14. The number of thiophene rings is 1. The van der Waals surface area contributed by atoms with E-state index in [1.165, 1.54) is 4.88 Å². The van der Waals surface area contributed by atoms with E-state index < -0.39 is 0 Å². The lowest BCUT2D eigenvalue weighted by molar-refractivity contribution is -0.0257. The Kier molecular flexibility index (Phi) is 5.56. The van der Waals surface area contributed by atoms with Crippen LogP contribution in [0.4, 0.5) is 0 Å². The van der Waals surface area contributed by atoms with Crippen molar-refractivity contribution in [2.75, 3.05) is 26.2 Å². The van der Waals surface area contributed by atoms with Crippen LogP contribution < -0.4 is 5.73 Å². The van der Waals surface area contributed by atoms with Crippen molar-refractivity contribution in [3.8, 4) is 0 Å². The molecule has 0 radical (unpaired) electrons. The van der Waals surface area contributed by atoms with Gasteiger partial charge >= 0.3 is 0 Å². The fourth-order valence-electron chi connectivity index (χ4n) is 1.69. The number of rotatable bonds is 3. The average Bonchev–Trinajstić information content (AvgIpc) is 2.71. The monoisotopic (exact) mass is 248 g/mol. The van der Waals surface area contributed by atoms with Gasteiger partial charge in [0.15, 0.2) is 0 Å². The van der Waals surface area contributed by atoms with E-state index in [0.717, 1.165) is 26.2 Å². The van der Waals surface area contributed by atoms with E-state index in [4.69, 9.17) is 10.5 Å². The predicted octanol–water partition coefficient (Wildman–Crippen LogP) is 1.33. The number of hydrogen-bond acceptors (Lipinski definition) is 4. The van der Waals surface area contributed by atoms with Gasteiger partial charge in [-0.25, -0.2) is 0 Å². The van der Waals surface area contributed by atoms with Gasteiger partial charge in [-0.1, -0.05) is 6.07 Å². The number of ether oxygens (including phenoxy) is 1. The minimum absolute atomic E-state index is 0. The van der Waals surface area contributed by atoms with Crippen molar-refractivity contribution in [3.05, 3.63) is 22.4 Å². The maximum absolute atomic E-state index is 5.59. The van der Waals surface area contributed by atoms with Crippen LogP contribution in [-0.2, 0) is 11.3 Å². The standard InChI is InChI=1S/C10H16N2OS.ClH/c11-6-9-7-12(3-4-13-9)8-10-2-1-5-14-10;/h1-2,5,9H,3-4,6-8,11H2;1H. The average molecular weight is 249 g/mol. The molecule has 1 aliphatic heterocycles. The summed E-state index contributed by atoms with van der Waals surface area (Å²) in [7, 11) is 0. The summed E-state index contributed by atoms with van der Waals surface area (Å²) < 4.78 is 5.51. The van der Waals surface area contributed by atoms with E-state index in [2.05, 4.69) is 22.4 Å². The van der Waals surface area contributed by atoms with Crippen molar-refractivity contribution in [2.45, 2.75) is 12.6 Å². The fraction of sp³-hybridized carbons (Fsp3) is 0.600. The summed E-state index contributed by atoms with van der Waals surface area (Å²) in [5.74, 6) is 0. The molecule has 0 saturated carbocycles. The lowest BCUT2D eigenvalue weighted by atomic mass is 10.2. The third-order valence-electron chi connectivity index (χ3n) is 2.45. The molecule has 0 amide bonds. The van der Waals surface area contributed by atoms with Crippen molar-refractivity contribution in [3.63, 3.8) is 0 Å². The van der Waals surface area contributed by atoms with Crippen molar-refractivity contribution in [1.82, 2.24) is 4.90 Å². The summed E-state index contributed by atoms with van der Waals surface area (Å²) in [5, 5.41) is 2.12. The minimum atomic E-state index is 0. The van der Waals surface area contributed by atoms with Gasteiger partial charge in [0.05, 0.1) is 12.7 Å². The molecule has 3 nitrogen and oxygen atoms in total. The lowest BCUT2D eigenvalue weighted by Gasteiger charge is -2.31. The number of morpholine rings is 1. The molecule has 1 atom stereocenters. The quantitative estimate of drug-likeness (QED) is 0.877. The first-order valence-electron chi connectivity index (χ1n) is 4.95. The summed E-state index contributed by atoms with van der Waals surface area (Å²) in [6.45, 7) is 4.47. The molecule has 1 aromatic heterocycles. The molecule has 1 aromatic rings. The summed E-state index contributed by atoms with van der Waals surface area (Å²) in [4.78, 5) is 3.83. The molecule has 86 valence electrons. The zero-order valence-electron chi connectivity index (χ0n) is 8.59. The molecule has 1 aliphatic rings. The second-order valence-corrected chi connectivity index (χ2v) is 4.58. The molecule has 2 heterocycles. The molecule has 2 rings (SSSR count). The normalized spacial score (nSPS) is 22.3. The summed E-state index contributed by atoms with van der Waals surface area (Å²) in [6.07, 6.45) is 0.226. The second kappa shape index (κ2) is 6.45. The maximum atomic E-state index is 5.59. The molecule has 1 unspecified atom stereocenters. The van der Waals surface area contributed by atoms with Crippen LogP contribution in [0.1, 0.15) is 4.88 Å². The van der Waals surface area contributed by atoms with Gasteiger partial charge in [-0.15, -0.1) is 23.7 Å². The van der Waals surface area contributed by atoms with Gasteiger partial charge in [0.1, 0.15) is 0 Å². The Morgan fingerprint density at radius 1 is 1.60 bits per heavy atom. The van der Waals surface area contributed by atoms with Crippen LogP contribution in [0.25, 0.3) is 0 Å². The Hall–Kier alpha value is -0.130. The first kappa shape index (κ1) is 12.9. The molecule has 0 bridgehead atoms. The number of nitrogens with zero attached hydrogens (tertiary/aromatic N) is 1. The van der Waals surface area contributed by atoms with E-state index in [1.54, 1.807) is 0 Å². The molecule has 1 fully saturated rings. The Labute approximate surface area is 101 Å². The van der Waals surface area contributed by atoms with Gasteiger partial charge in [0.2, 0.25) is 0 Å². The number of hydrogen-bond donors (Lipinski definition) is 1. The molecule has 15 heavy (non-hydrogen) atoms. The zero-order chi connectivity index (χ0) is 9.80.